The van der Waals surface area contributed by atoms with Crippen LogP contribution in [-0.4, -0.2) is 28.3 Å². The third-order valence-corrected chi connectivity index (χ3v) is 5.61. The summed E-state index contributed by atoms with van der Waals surface area (Å²) in [6.07, 6.45) is 2.84. The molecule has 3 N–H and O–H groups in total. The molecule has 1 amide bonds. The molecule has 3 aromatic rings. The molecule has 30 heavy (non-hydrogen) atoms. The highest BCUT2D eigenvalue weighted by molar-refractivity contribution is 5.92. The normalized spacial score (nSPS) is 20.1. The number of aromatic amines is 1. The van der Waals surface area contributed by atoms with Crippen molar-refractivity contribution in [3.63, 3.8) is 0 Å². The van der Waals surface area contributed by atoms with E-state index in [0.717, 1.165) is 16.9 Å². The number of aliphatic hydroxyl groups is 1. The van der Waals surface area contributed by atoms with Crippen LogP contribution in [0.1, 0.15) is 41.0 Å². The van der Waals surface area contributed by atoms with Crippen molar-refractivity contribution >= 4 is 11.7 Å². The molecule has 1 aliphatic carbocycles. The molecule has 0 spiro atoms. The zero-order valence-electron chi connectivity index (χ0n) is 16.6. The minimum Gasteiger partial charge on any atom is -0.497 e. The molecule has 1 saturated carbocycles. The van der Waals surface area contributed by atoms with Crippen LogP contribution in [-0.2, 0) is 16.8 Å². The standard InChI is InChI=1S/C23H22N4O3/c1-30-18-8-6-15(7-9-18)10-21(28)26-22-19(14-25-27-22)17-11-23(29,12-17)20-5-3-2-4-16(20)13-24/h2-9,14,17,29H,10-12H2,1H3,(H2,25,26,27,28). The Morgan fingerprint density at radius 2 is 2.03 bits per heavy atom. The molecule has 1 fully saturated rings. The van der Waals surface area contributed by atoms with Gasteiger partial charge in [-0.2, -0.15) is 10.4 Å². The number of benzene rings is 2. The van der Waals surface area contributed by atoms with Crippen molar-refractivity contribution in [2.45, 2.75) is 30.8 Å². The topological polar surface area (TPSA) is 111 Å². The van der Waals surface area contributed by atoms with E-state index >= 15 is 0 Å². The first-order valence-corrected chi connectivity index (χ1v) is 9.70. The Morgan fingerprint density at radius 3 is 2.73 bits per heavy atom. The lowest BCUT2D eigenvalue weighted by Crippen LogP contribution is -2.40. The van der Waals surface area contributed by atoms with Crippen molar-refractivity contribution in [2.24, 2.45) is 0 Å². The maximum absolute atomic E-state index is 12.5. The zero-order chi connectivity index (χ0) is 21.1. The van der Waals surface area contributed by atoms with E-state index in [1.807, 2.05) is 30.3 Å². The van der Waals surface area contributed by atoms with E-state index in [-0.39, 0.29) is 18.2 Å². The Labute approximate surface area is 174 Å². The Morgan fingerprint density at radius 1 is 1.30 bits per heavy atom. The summed E-state index contributed by atoms with van der Waals surface area (Å²) in [5.41, 5.74) is 1.83. The first-order valence-electron chi connectivity index (χ1n) is 9.70. The summed E-state index contributed by atoms with van der Waals surface area (Å²) in [6.45, 7) is 0. The summed E-state index contributed by atoms with van der Waals surface area (Å²) in [4.78, 5) is 12.5. The van der Waals surface area contributed by atoms with E-state index in [1.54, 1.807) is 31.5 Å². The number of aromatic nitrogens is 2. The largest absolute Gasteiger partial charge is 0.497 e. The van der Waals surface area contributed by atoms with Gasteiger partial charge in [-0.05, 0) is 42.5 Å². The number of ether oxygens (including phenoxy) is 1. The summed E-state index contributed by atoms with van der Waals surface area (Å²) in [5.74, 6) is 1.17. The van der Waals surface area contributed by atoms with Crippen molar-refractivity contribution in [3.05, 3.63) is 77.0 Å². The van der Waals surface area contributed by atoms with Crippen LogP contribution in [0.25, 0.3) is 0 Å². The number of nitrogens with zero attached hydrogens (tertiary/aromatic N) is 2. The number of H-pyrrole nitrogens is 1. The molecule has 1 aliphatic rings. The van der Waals surface area contributed by atoms with Gasteiger partial charge in [0.2, 0.25) is 5.91 Å². The van der Waals surface area contributed by atoms with Gasteiger partial charge >= 0.3 is 0 Å². The number of carbonyl (C=O) groups is 1. The van der Waals surface area contributed by atoms with Crippen LogP contribution in [0, 0.1) is 11.3 Å². The summed E-state index contributed by atoms with van der Waals surface area (Å²) in [6, 6.07) is 16.6. The van der Waals surface area contributed by atoms with Crippen molar-refractivity contribution in [3.8, 4) is 11.8 Å². The van der Waals surface area contributed by atoms with Gasteiger partial charge in [0.15, 0.2) is 0 Å². The van der Waals surface area contributed by atoms with Gasteiger partial charge in [0.25, 0.3) is 0 Å². The van der Waals surface area contributed by atoms with Gasteiger partial charge in [-0.25, -0.2) is 0 Å². The quantitative estimate of drug-likeness (QED) is 0.586. The average molecular weight is 402 g/mol. The molecule has 0 unspecified atom stereocenters. The minimum atomic E-state index is -1.04. The predicted molar refractivity (Wildman–Crippen MR) is 111 cm³/mol. The molecule has 7 nitrogen and oxygen atoms in total. The monoisotopic (exact) mass is 402 g/mol. The lowest BCUT2D eigenvalue weighted by molar-refractivity contribution is -0.115. The molecule has 0 saturated heterocycles. The van der Waals surface area contributed by atoms with Crippen LogP contribution in [0.4, 0.5) is 5.82 Å². The lowest BCUT2D eigenvalue weighted by Gasteiger charge is -2.44. The number of hydrogen-bond acceptors (Lipinski definition) is 5. The fourth-order valence-electron chi connectivity index (χ4n) is 4.00. The van der Waals surface area contributed by atoms with Crippen LogP contribution >= 0.6 is 0 Å². The molecule has 2 aromatic carbocycles. The van der Waals surface area contributed by atoms with E-state index in [0.29, 0.717) is 29.8 Å². The number of rotatable bonds is 6. The van der Waals surface area contributed by atoms with Crippen LogP contribution in [0.3, 0.4) is 0 Å². The number of carbonyl (C=O) groups excluding carboxylic acids is 1. The average Bonchev–Trinajstić information content (AvgIpc) is 3.19. The third kappa shape index (κ3) is 3.78. The first kappa shape index (κ1) is 19.7. The summed E-state index contributed by atoms with van der Waals surface area (Å²) in [5, 5.41) is 30.1. The molecule has 4 rings (SSSR count). The summed E-state index contributed by atoms with van der Waals surface area (Å²) >= 11 is 0. The van der Waals surface area contributed by atoms with Gasteiger partial charge in [-0.15, -0.1) is 0 Å². The molecule has 0 aliphatic heterocycles. The fraction of sp³-hybridized carbons (Fsp3) is 0.261. The molecular weight excluding hydrogens is 380 g/mol. The van der Waals surface area contributed by atoms with Gasteiger partial charge < -0.3 is 15.2 Å². The summed E-state index contributed by atoms with van der Waals surface area (Å²) < 4.78 is 5.13. The van der Waals surface area contributed by atoms with Crippen LogP contribution in [0.15, 0.2) is 54.7 Å². The number of hydrogen-bond donors (Lipinski definition) is 3. The van der Waals surface area contributed by atoms with E-state index in [9.17, 15) is 15.2 Å². The first-order chi connectivity index (χ1) is 14.5. The van der Waals surface area contributed by atoms with Crippen molar-refractivity contribution in [1.82, 2.24) is 10.2 Å². The maximum atomic E-state index is 12.5. The summed E-state index contributed by atoms with van der Waals surface area (Å²) in [7, 11) is 1.60. The van der Waals surface area contributed by atoms with E-state index in [1.165, 1.54) is 0 Å². The molecule has 0 atom stereocenters. The SMILES string of the molecule is COc1ccc(CC(=O)Nc2[nH]ncc2C2CC(O)(c3ccccc3C#N)C2)cc1. The Kier molecular flexibility index (Phi) is 5.25. The zero-order valence-corrected chi connectivity index (χ0v) is 16.6. The van der Waals surface area contributed by atoms with Gasteiger partial charge in [-0.3, -0.25) is 9.89 Å². The maximum Gasteiger partial charge on any atom is 0.229 e. The van der Waals surface area contributed by atoms with Crippen molar-refractivity contribution < 1.29 is 14.6 Å². The number of methoxy groups -OCH3 is 1. The second kappa shape index (κ2) is 8.01. The second-order valence-corrected chi connectivity index (χ2v) is 7.57. The van der Waals surface area contributed by atoms with Crippen molar-refractivity contribution in [2.75, 3.05) is 12.4 Å². The van der Waals surface area contributed by atoms with Gasteiger partial charge in [0.05, 0.1) is 37.0 Å². The van der Waals surface area contributed by atoms with Crippen molar-refractivity contribution in [1.29, 1.82) is 5.26 Å². The van der Waals surface area contributed by atoms with E-state index in [4.69, 9.17) is 4.74 Å². The van der Waals surface area contributed by atoms with Crippen LogP contribution in [0.2, 0.25) is 0 Å². The van der Waals surface area contributed by atoms with Gasteiger partial charge in [0.1, 0.15) is 11.6 Å². The molecule has 7 heteroatoms. The molecule has 1 heterocycles. The number of amides is 1. The third-order valence-electron chi connectivity index (χ3n) is 5.61. The minimum absolute atomic E-state index is 0.0387. The predicted octanol–water partition coefficient (Wildman–Crippen LogP) is 3.24. The molecule has 0 bridgehead atoms. The van der Waals surface area contributed by atoms with Gasteiger partial charge in [-0.1, -0.05) is 30.3 Å². The molecule has 1 aromatic heterocycles. The lowest BCUT2D eigenvalue weighted by atomic mass is 9.64. The number of nitriles is 1. The fourth-order valence-corrected chi connectivity index (χ4v) is 4.00. The van der Waals surface area contributed by atoms with Crippen LogP contribution in [0.5, 0.6) is 5.75 Å². The number of nitrogens with one attached hydrogen (secondary N) is 2. The Bertz CT molecular complexity index is 1090. The molecule has 0 radical (unpaired) electrons. The second-order valence-electron chi connectivity index (χ2n) is 7.57. The molecule has 152 valence electrons. The van der Waals surface area contributed by atoms with Crippen LogP contribution < -0.4 is 10.1 Å². The Balaban J connectivity index is 1.42. The Hall–Kier alpha value is -3.63. The highest BCUT2D eigenvalue weighted by atomic mass is 16.5. The molecular formula is C23H22N4O3. The van der Waals surface area contributed by atoms with Gasteiger partial charge in [0, 0.05) is 11.1 Å². The number of anilines is 1. The smallest absolute Gasteiger partial charge is 0.229 e. The highest BCUT2D eigenvalue weighted by Gasteiger charge is 2.46. The van der Waals surface area contributed by atoms with E-state index < -0.39 is 5.60 Å². The van der Waals surface area contributed by atoms with E-state index in [2.05, 4.69) is 21.6 Å². The highest BCUT2D eigenvalue weighted by Crippen LogP contribution is 2.52.